The van der Waals surface area contributed by atoms with Gasteiger partial charge in [-0.15, -0.1) is 6.58 Å². The summed E-state index contributed by atoms with van der Waals surface area (Å²) in [7, 11) is 0. The molecule has 0 heterocycles. The van der Waals surface area contributed by atoms with Crippen LogP contribution in [0.1, 0.15) is 19.8 Å². The van der Waals surface area contributed by atoms with Crippen molar-refractivity contribution in [2.24, 2.45) is 5.16 Å². The van der Waals surface area contributed by atoms with E-state index in [1.165, 1.54) is 0 Å². The summed E-state index contributed by atoms with van der Waals surface area (Å²) >= 11 is 0. The first kappa shape index (κ1) is 10.7. The second kappa shape index (κ2) is 6.39. The molecule has 12 heavy (non-hydrogen) atoms. The van der Waals surface area contributed by atoms with Crippen LogP contribution in [0.2, 0.25) is 0 Å². The van der Waals surface area contributed by atoms with Gasteiger partial charge in [-0.05, 0) is 13.3 Å². The van der Waals surface area contributed by atoms with Gasteiger partial charge in [-0.3, -0.25) is 0 Å². The van der Waals surface area contributed by atoms with Crippen LogP contribution in [-0.2, 0) is 9.53 Å². The van der Waals surface area contributed by atoms with Crippen LogP contribution in [0.3, 0.4) is 0 Å². The fourth-order valence-corrected chi connectivity index (χ4v) is 0.646. The smallest absolute Gasteiger partial charge is 0.356 e. The number of carbonyl (C=O) groups excluding carboxylic acids is 1. The lowest BCUT2D eigenvalue weighted by atomic mass is 10.2. The van der Waals surface area contributed by atoms with Gasteiger partial charge in [0.15, 0.2) is 5.71 Å². The third-order valence-corrected chi connectivity index (χ3v) is 1.22. The molecule has 0 atom stereocenters. The summed E-state index contributed by atoms with van der Waals surface area (Å²) < 4.78 is 4.63. The number of hydrogen-bond acceptors (Lipinski definition) is 4. The van der Waals surface area contributed by atoms with Crippen molar-refractivity contribution in [2.45, 2.75) is 19.8 Å². The fourth-order valence-electron chi connectivity index (χ4n) is 0.646. The summed E-state index contributed by atoms with van der Waals surface area (Å²) in [5.74, 6) is -0.568. The van der Waals surface area contributed by atoms with Crippen LogP contribution in [0.5, 0.6) is 0 Å². The molecule has 0 saturated carbocycles. The lowest BCUT2D eigenvalue weighted by Crippen LogP contribution is -2.17. The molecule has 0 aromatic rings. The Hall–Kier alpha value is -1.32. The maximum absolute atomic E-state index is 10.9. The molecule has 0 bridgehead atoms. The fraction of sp³-hybridized carbons (Fsp3) is 0.500. The van der Waals surface area contributed by atoms with Gasteiger partial charge in [0.25, 0.3) is 0 Å². The molecular weight excluding hydrogens is 158 g/mol. The van der Waals surface area contributed by atoms with Crippen molar-refractivity contribution < 1.29 is 14.7 Å². The number of carbonyl (C=O) groups is 1. The molecule has 0 aliphatic heterocycles. The average Bonchev–Trinajstić information content (AvgIpc) is 2.06. The summed E-state index contributed by atoms with van der Waals surface area (Å²) in [4.78, 5) is 10.9. The molecule has 4 heteroatoms. The Bertz CT molecular complexity index is 187. The van der Waals surface area contributed by atoms with Gasteiger partial charge < -0.3 is 9.94 Å². The Morgan fingerprint density at radius 2 is 2.42 bits per heavy atom. The minimum atomic E-state index is -0.568. The summed E-state index contributed by atoms with van der Waals surface area (Å²) in [6.45, 7) is 5.46. The predicted octanol–water partition coefficient (Wildman–Crippen LogP) is 1.35. The van der Waals surface area contributed by atoms with Crippen molar-refractivity contribution in [3.05, 3.63) is 12.7 Å². The molecule has 1 N–H and O–H groups in total. The molecule has 68 valence electrons. The Kier molecular flexibility index (Phi) is 5.69. The minimum absolute atomic E-state index is 0.0387. The van der Waals surface area contributed by atoms with Crippen LogP contribution in [-0.4, -0.2) is 23.5 Å². The normalized spacial score (nSPS) is 10.9. The monoisotopic (exact) mass is 171 g/mol. The van der Waals surface area contributed by atoms with Gasteiger partial charge >= 0.3 is 5.97 Å². The van der Waals surface area contributed by atoms with E-state index in [-0.39, 0.29) is 12.3 Å². The van der Waals surface area contributed by atoms with Gasteiger partial charge in [-0.1, -0.05) is 11.2 Å². The maximum Gasteiger partial charge on any atom is 0.356 e. The van der Waals surface area contributed by atoms with Crippen LogP contribution in [0.15, 0.2) is 17.8 Å². The molecule has 0 aromatic heterocycles. The number of rotatable bonds is 5. The molecule has 0 radical (unpaired) electrons. The molecule has 0 fully saturated rings. The van der Waals surface area contributed by atoms with E-state index in [1.807, 2.05) is 0 Å². The summed E-state index contributed by atoms with van der Waals surface area (Å²) in [6, 6.07) is 0. The number of esters is 1. The zero-order valence-electron chi connectivity index (χ0n) is 7.12. The lowest BCUT2D eigenvalue weighted by molar-refractivity contribution is -0.135. The lowest BCUT2D eigenvalue weighted by Gasteiger charge is -2.01. The predicted molar refractivity (Wildman–Crippen MR) is 45.3 cm³/mol. The van der Waals surface area contributed by atoms with Crippen LogP contribution in [0, 0.1) is 0 Å². The summed E-state index contributed by atoms with van der Waals surface area (Å²) in [5.41, 5.74) is 0.0387. The molecule has 0 unspecified atom stereocenters. The second-order valence-electron chi connectivity index (χ2n) is 2.09. The standard InChI is InChI=1S/C8H13NO3/c1-3-5-6-7(9-11)8(10)12-4-2/h3,11H,1,4-6H2,2H3. The first-order valence-electron chi connectivity index (χ1n) is 3.75. The van der Waals surface area contributed by atoms with Crippen molar-refractivity contribution in [3.8, 4) is 0 Å². The zero-order chi connectivity index (χ0) is 9.40. The number of hydrogen-bond donors (Lipinski definition) is 1. The zero-order valence-corrected chi connectivity index (χ0v) is 7.12. The van der Waals surface area contributed by atoms with E-state index in [1.54, 1.807) is 13.0 Å². The number of nitrogens with zero attached hydrogens (tertiary/aromatic N) is 1. The van der Waals surface area contributed by atoms with E-state index in [2.05, 4.69) is 16.5 Å². The van der Waals surface area contributed by atoms with E-state index < -0.39 is 5.97 Å². The van der Waals surface area contributed by atoms with Gasteiger partial charge in [0.05, 0.1) is 6.61 Å². The number of ether oxygens (including phenoxy) is 1. The number of allylic oxidation sites excluding steroid dienone is 1. The molecule has 0 rings (SSSR count). The van der Waals surface area contributed by atoms with Gasteiger partial charge in [0.1, 0.15) is 0 Å². The van der Waals surface area contributed by atoms with Crippen molar-refractivity contribution in [3.63, 3.8) is 0 Å². The van der Waals surface area contributed by atoms with Crippen molar-refractivity contribution >= 4 is 11.7 Å². The highest BCUT2D eigenvalue weighted by atomic mass is 16.5. The van der Waals surface area contributed by atoms with E-state index >= 15 is 0 Å². The number of oxime groups is 1. The largest absolute Gasteiger partial charge is 0.461 e. The summed E-state index contributed by atoms with van der Waals surface area (Å²) in [5, 5.41) is 11.2. The maximum atomic E-state index is 10.9. The minimum Gasteiger partial charge on any atom is -0.461 e. The molecule has 0 aromatic carbocycles. The van der Waals surface area contributed by atoms with E-state index in [4.69, 9.17) is 5.21 Å². The van der Waals surface area contributed by atoms with Gasteiger partial charge in [-0.2, -0.15) is 0 Å². The van der Waals surface area contributed by atoms with Crippen LogP contribution in [0.4, 0.5) is 0 Å². The Balaban J connectivity index is 3.98. The first-order valence-corrected chi connectivity index (χ1v) is 3.75. The molecule has 0 saturated heterocycles. The van der Waals surface area contributed by atoms with Gasteiger partial charge in [0, 0.05) is 6.42 Å². The van der Waals surface area contributed by atoms with E-state index in [0.717, 1.165) is 0 Å². The molecule has 0 spiro atoms. The van der Waals surface area contributed by atoms with Crippen molar-refractivity contribution in [2.75, 3.05) is 6.61 Å². The van der Waals surface area contributed by atoms with E-state index in [0.29, 0.717) is 12.8 Å². The van der Waals surface area contributed by atoms with Crippen LogP contribution < -0.4 is 0 Å². The van der Waals surface area contributed by atoms with Gasteiger partial charge in [0.2, 0.25) is 0 Å². The van der Waals surface area contributed by atoms with Crippen molar-refractivity contribution in [1.82, 2.24) is 0 Å². The van der Waals surface area contributed by atoms with Crippen LogP contribution in [0.25, 0.3) is 0 Å². The summed E-state index contributed by atoms with van der Waals surface area (Å²) in [6.07, 6.45) is 2.60. The quantitative estimate of drug-likeness (QED) is 0.223. The second-order valence-corrected chi connectivity index (χ2v) is 2.09. The topological polar surface area (TPSA) is 58.9 Å². The highest BCUT2D eigenvalue weighted by Crippen LogP contribution is 1.96. The Labute approximate surface area is 71.5 Å². The van der Waals surface area contributed by atoms with Gasteiger partial charge in [-0.25, -0.2) is 4.79 Å². The molecule has 0 aliphatic rings. The highest BCUT2D eigenvalue weighted by molar-refractivity contribution is 6.36. The van der Waals surface area contributed by atoms with Crippen molar-refractivity contribution in [1.29, 1.82) is 0 Å². The van der Waals surface area contributed by atoms with Crippen LogP contribution >= 0.6 is 0 Å². The molecule has 4 nitrogen and oxygen atoms in total. The Morgan fingerprint density at radius 3 is 2.83 bits per heavy atom. The SMILES string of the molecule is C=CCCC(=NO)C(=O)OCC. The molecular formula is C8H13NO3. The first-order chi connectivity index (χ1) is 5.76. The average molecular weight is 171 g/mol. The third-order valence-electron chi connectivity index (χ3n) is 1.22. The highest BCUT2D eigenvalue weighted by Gasteiger charge is 2.11. The molecule has 0 amide bonds. The van der Waals surface area contributed by atoms with E-state index in [9.17, 15) is 4.79 Å². The molecule has 0 aliphatic carbocycles. The Morgan fingerprint density at radius 1 is 1.75 bits per heavy atom. The third kappa shape index (κ3) is 3.75.